The predicted octanol–water partition coefficient (Wildman–Crippen LogP) is 2.60. The summed E-state index contributed by atoms with van der Waals surface area (Å²) < 4.78 is 5.92. The Morgan fingerprint density at radius 1 is 1.56 bits per heavy atom. The lowest BCUT2D eigenvalue weighted by Crippen LogP contribution is -2.09. The van der Waals surface area contributed by atoms with Crippen molar-refractivity contribution in [2.45, 2.75) is 6.92 Å². The van der Waals surface area contributed by atoms with E-state index in [0.29, 0.717) is 19.8 Å². The van der Waals surface area contributed by atoms with Crippen molar-refractivity contribution in [3.8, 4) is 0 Å². The van der Waals surface area contributed by atoms with E-state index in [4.69, 9.17) is 9.84 Å². The van der Waals surface area contributed by atoms with Crippen LogP contribution in [0.2, 0.25) is 0 Å². The van der Waals surface area contributed by atoms with Crippen LogP contribution in [0.1, 0.15) is 17.3 Å². The maximum Gasteiger partial charge on any atom is 0.335 e. The Bertz CT molecular complexity index is 368. The summed E-state index contributed by atoms with van der Waals surface area (Å²) in [6, 6.07) is 4.88. The van der Waals surface area contributed by atoms with Gasteiger partial charge in [0, 0.05) is 23.3 Å². The van der Waals surface area contributed by atoms with Gasteiger partial charge in [0.15, 0.2) is 0 Å². The van der Waals surface area contributed by atoms with E-state index in [2.05, 4.69) is 21.2 Å². The number of carbonyl (C=O) groups is 1. The van der Waals surface area contributed by atoms with E-state index in [1.165, 1.54) is 0 Å². The lowest BCUT2D eigenvalue weighted by atomic mass is 10.2. The van der Waals surface area contributed by atoms with Crippen LogP contribution in [0.5, 0.6) is 0 Å². The number of aromatic carboxylic acids is 1. The number of rotatable bonds is 6. The van der Waals surface area contributed by atoms with Crippen molar-refractivity contribution in [2.75, 3.05) is 25.1 Å². The van der Waals surface area contributed by atoms with Gasteiger partial charge in [-0.05, 0) is 41.1 Å². The van der Waals surface area contributed by atoms with Gasteiger partial charge < -0.3 is 15.2 Å². The molecule has 0 radical (unpaired) electrons. The molecule has 88 valence electrons. The minimum Gasteiger partial charge on any atom is -0.478 e. The molecule has 0 atom stereocenters. The van der Waals surface area contributed by atoms with Crippen molar-refractivity contribution in [3.05, 3.63) is 28.2 Å². The standard InChI is InChI=1S/C11H14BrNO3/c1-2-16-6-5-13-10-4-3-8(11(14)15)7-9(10)12/h3-4,7,13H,2,5-6H2,1H3,(H,14,15). The highest BCUT2D eigenvalue weighted by atomic mass is 79.9. The minimum absolute atomic E-state index is 0.266. The second-order valence-electron chi connectivity index (χ2n) is 3.12. The zero-order chi connectivity index (χ0) is 12.0. The highest BCUT2D eigenvalue weighted by Crippen LogP contribution is 2.23. The number of ether oxygens (including phenoxy) is 1. The third-order valence-electron chi connectivity index (χ3n) is 1.98. The molecule has 0 saturated heterocycles. The molecule has 0 aliphatic carbocycles. The molecule has 1 rings (SSSR count). The lowest BCUT2D eigenvalue weighted by molar-refractivity contribution is 0.0697. The number of hydrogen-bond acceptors (Lipinski definition) is 3. The van der Waals surface area contributed by atoms with E-state index < -0.39 is 5.97 Å². The third kappa shape index (κ3) is 3.83. The molecule has 1 aromatic rings. The largest absolute Gasteiger partial charge is 0.478 e. The van der Waals surface area contributed by atoms with E-state index in [-0.39, 0.29) is 5.56 Å². The molecule has 0 spiro atoms. The summed E-state index contributed by atoms with van der Waals surface area (Å²) in [5, 5.41) is 11.9. The number of carboxylic acid groups (broad SMARTS) is 1. The Hall–Kier alpha value is -1.07. The van der Waals surface area contributed by atoms with Gasteiger partial charge in [0.25, 0.3) is 0 Å². The van der Waals surface area contributed by atoms with Crippen LogP contribution in [-0.4, -0.2) is 30.8 Å². The molecule has 5 heteroatoms. The van der Waals surface area contributed by atoms with Gasteiger partial charge in [-0.15, -0.1) is 0 Å². The first-order valence-electron chi connectivity index (χ1n) is 4.99. The summed E-state index contributed by atoms with van der Waals surface area (Å²) in [6.45, 7) is 3.96. The zero-order valence-electron chi connectivity index (χ0n) is 9.00. The normalized spacial score (nSPS) is 10.1. The summed E-state index contributed by atoms with van der Waals surface area (Å²) in [5.74, 6) is -0.929. The molecular weight excluding hydrogens is 274 g/mol. The second kappa shape index (κ2) is 6.50. The van der Waals surface area contributed by atoms with E-state index >= 15 is 0 Å². The van der Waals surface area contributed by atoms with E-state index in [1.807, 2.05) is 6.92 Å². The van der Waals surface area contributed by atoms with E-state index in [1.54, 1.807) is 18.2 Å². The Balaban J connectivity index is 2.57. The summed E-state index contributed by atoms with van der Waals surface area (Å²) in [6.07, 6.45) is 0. The van der Waals surface area contributed by atoms with Gasteiger partial charge in [-0.1, -0.05) is 0 Å². The maximum absolute atomic E-state index is 10.7. The molecular formula is C11H14BrNO3. The smallest absolute Gasteiger partial charge is 0.335 e. The van der Waals surface area contributed by atoms with Crippen LogP contribution in [0.25, 0.3) is 0 Å². The number of nitrogens with one attached hydrogen (secondary N) is 1. The molecule has 0 fully saturated rings. The summed E-state index contributed by atoms with van der Waals surface area (Å²) in [7, 11) is 0. The number of anilines is 1. The molecule has 0 bridgehead atoms. The van der Waals surface area contributed by atoms with E-state index in [9.17, 15) is 4.79 Å². The van der Waals surface area contributed by atoms with Crippen molar-refractivity contribution in [2.24, 2.45) is 0 Å². The van der Waals surface area contributed by atoms with Gasteiger partial charge in [0.2, 0.25) is 0 Å². The molecule has 0 amide bonds. The van der Waals surface area contributed by atoms with Crippen molar-refractivity contribution in [1.82, 2.24) is 0 Å². The topological polar surface area (TPSA) is 58.6 Å². The maximum atomic E-state index is 10.7. The monoisotopic (exact) mass is 287 g/mol. The van der Waals surface area contributed by atoms with E-state index in [0.717, 1.165) is 10.2 Å². The Labute approximate surface area is 103 Å². The van der Waals surface area contributed by atoms with Crippen molar-refractivity contribution < 1.29 is 14.6 Å². The first-order valence-corrected chi connectivity index (χ1v) is 5.79. The summed E-state index contributed by atoms with van der Waals surface area (Å²) >= 11 is 3.32. The van der Waals surface area contributed by atoms with Gasteiger partial charge in [-0.25, -0.2) is 4.79 Å². The fourth-order valence-electron chi connectivity index (χ4n) is 1.19. The quantitative estimate of drug-likeness (QED) is 0.790. The van der Waals surface area contributed by atoms with Crippen LogP contribution < -0.4 is 5.32 Å². The Morgan fingerprint density at radius 3 is 2.88 bits per heavy atom. The van der Waals surface area contributed by atoms with Crippen LogP contribution in [-0.2, 0) is 4.74 Å². The molecule has 1 aromatic carbocycles. The van der Waals surface area contributed by atoms with Crippen LogP contribution in [0, 0.1) is 0 Å². The average molecular weight is 288 g/mol. The summed E-state index contributed by atoms with van der Waals surface area (Å²) in [5.41, 5.74) is 1.13. The third-order valence-corrected chi connectivity index (χ3v) is 2.64. The van der Waals surface area contributed by atoms with Gasteiger partial charge >= 0.3 is 5.97 Å². The molecule has 0 aliphatic rings. The van der Waals surface area contributed by atoms with Crippen LogP contribution in [0.3, 0.4) is 0 Å². The molecule has 0 aliphatic heterocycles. The second-order valence-corrected chi connectivity index (χ2v) is 3.98. The van der Waals surface area contributed by atoms with Gasteiger partial charge in [-0.3, -0.25) is 0 Å². The number of benzene rings is 1. The van der Waals surface area contributed by atoms with Crippen LogP contribution in [0.4, 0.5) is 5.69 Å². The first-order chi connectivity index (χ1) is 7.65. The predicted molar refractivity (Wildman–Crippen MR) is 66.1 cm³/mol. The van der Waals surface area contributed by atoms with Crippen LogP contribution >= 0.6 is 15.9 Å². The zero-order valence-corrected chi connectivity index (χ0v) is 10.6. The SMILES string of the molecule is CCOCCNc1ccc(C(=O)O)cc1Br. The van der Waals surface area contributed by atoms with Crippen molar-refractivity contribution >= 4 is 27.6 Å². The molecule has 0 unspecified atom stereocenters. The van der Waals surface area contributed by atoms with Crippen molar-refractivity contribution in [3.63, 3.8) is 0 Å². The Morgan fingerprint density at radius 2 is 2.31 bits per heavy atom. The molecule has 0 saturated carbocycles. The highest BCUT2D eigenvalue weighted by Gasteiger charge is 2.05. The minimum atomic E-state index is -0.929. The molecule has 0 heterocycles. The number of carboxylic acids is 1. The lowest BCUT2D eigenvalue weighted by Gasteiger charge is -2.09. The van der Waals surface area contributed by atoms with Crippen LogP contribution in [0.15, 0.2) is 22.7 Å². The molecule has 2 N–H and O–H groups in total. The van der Waals surface area contributed by atoms with Gasteiger partial charge in [0.1, 0.15) is 0 Å². The van der Waals surface area contributed by atoms with Gasteiger partial charge in [-0.2, -0.15) is 0 Å². The Kier molecular flexibility index (Phi) is 5.28. The summed E-state index contributed by atoms with van der Waals surface area (Å²) in [4.78, 5) is 10.7. The fraction of sp³-hybridized carbons (Fsp3) is 0.364. The molecule has 16 heavy (non-hydrogen) atoms. The first kappa shape index (κ1) is 13.0. The molecule has 4 nitrogen and oxygen atoms in total. The van der Waals surface area contributed by atoms with Gasteiger partial charge in [0.05, 0.1) is 12.2 Å². The number of halogens is 1. The molecule has 0 aromatic heterocycles. The van der Waals surface area contributed by atoms with Crippen molar-refractivity contribution in [1.29, 1.82) is 0 Å². The number of hydrogen-bond donors (Lipinski definition) is 2. The fourth-order valence-corrected chi connectivity index (χ4v) is 1.71. The average Bonchev–Trinajstić information content (AvgIpc) is 2.26. The highest BCUT2D eigenvalue weighted by molar-refractivity contribution is 9.10.